The maximum absolute atomic E-state index is 9.89. The molecule has 0 aliphatic rings. The normalized spacial score (nSPS) is 10.6. The Morgan fingerprint density at radius 1 is 0.846 bits per heavy atom. The molecule has 3 aromatic rings. The minimum Gasteiger partial charge on any atom is -0.506 e. The Kier molecular flexibility index (Phi) is 5.33. The average molecular weight is 481 g/mol. The topological polar surface area (TPSA) is 90.5 Å². The third-order valence-electron chi connectivity index (χ3n) is 3.74. The van der Waals surface area contributed by atoms with Crippen LogP contribution in [0.4, 0.5) is 5.95 Å². The van der Waals surface area contributed by atoms with Gasteiger partial charge in [0.15, 0.2) is 11.5 Å². The van der Waals surface area contributed by atoms with Crippen molar-refractivity contribution in [1.82, 2.24) is 9.97 Å². The minimum absolute atomic E-state index is 0.121. The van der Waals surface area contributed by atoms with E-state index in [1.807, 2.05) is 18.2 Å². The van der Waals surface area contributed by atoms with Crippen molar-refractivity contribution in [3.63, 3.8) is 0 Å². The molecule has 0 bridgehead atoms. The molecule has 26 heavy (non-hydrogen) atoms. The lowest BCUT2D eigenvalue weighted by Gasteiger charge is -2.11. The fraction of sp³-hybridized carbons (Fsp3) is 0.111. The molecule has 1 heterocycles. The Morgan fingerprint density at radius 3 is 2.00 bits per heavy atom. The number of ether oxygens (including phenoxy) is 2. The number of hydrogen-bond donors (Lipinski definition) is 2. The van der Waals surface area contributed by atoms with E-state index < -0.39 is 0 Å². The molecule has 0 unspecified atom stereocenters. The van der Waals surface area contributed by atoms with Gasteiger partial charge in [-0.3, -0.25) is 0 Å². The quantitative estimate of drug-likeness (QED) is 0.565. The molecule has 2 aromatic carbocycles. The average Bonchev–Trinajstić information content (AvgIpc) is 2.64. The molecule has 0 fully saturated rings. The third-order valence-corrected chi connectivity index (χ3v) is 4.94. The summed E-state index contributed by atoms with van der Waals surface area (Å²) in [5.74, 6) is 1.49. The van der Waals surface area contributed by atoms with E-state index in [0.29, 0.717) is 31.8 Å². The van der Waals surface area contributed by atoms with Crippen LogP contribution in [0.25, 0.3) is 22.5 Å². The SMILES string of the molecule is COc1ccc(-c2cc(-c3cc(Br)c(O)c(Br)c3)nc(N)n2)cc1OC. The highest BCUT2D eigenvalue weighted by atomic mass is 79.9. The summed E-state index contributed by atoms with van der Waals surface area (Å²) in [6.45, 7) is 0. The zero-order valence-electron chi connectivity index (χ0n) is 14.0. The number of nitrogens with zero attached hydrogens (tertiary/aromatic N) is 2. The summed E-state index contributed by atoms with van der Waals surface area (Å²) in [7, 11) is 3.16. The highest BCUT2D eigenvalue weighted by Gasteiger charge is 2.13. The summed E-state index contributed by atoms with van der Waals surface area (Å²) in [4.78, 5) is 8.63. The van der Waals surface area contributed by atoms with Gasteiger partial charge in [0.25, 0.3) is 0 Å². The largest absolute Gasteiger partial charge is 0.506 e. The molecule has 0 amide bonds. The Morgan fingerprint density at radius 2 is 1.42 bits per heavy atom. The van der Waals surface area contributed by atoms with E-state index in [1.165, 1.54) is 0 Å². The highest BCUT2D eigenvalue weighted by molar-refractivity contribution is 9.11. The van der Waals surface area contributed by atoms with E-state index in [9.17, 15) is 5.11 Å². The number of aromatic nitrogens is 2. The van der Waals surface area contributed by atoms with Gasteiger partial charge in [-0.25, -0.2) is 9.97 Å². The number of nitrogen functional groups attached to an aromatic ring is 1. The molecular weight excluding hydrogens is 466 g/mol. The second-order valence-electron chi connectivity index (χ2n) is 5.35. The summed E-state index contributed by atoms with van der Waals surface area (Å²) in [6.07, 6.45) is 0. The molecule has 0 atom stereocenters. The summed E-state index contributed by atoms with van der Waals surface area (Å²) < 4.78 is 11.7. The molecule has 0 saturated heterocycles. The Balaban J connectivity index is 2.12. The van der Waals surface area contributed by atoms with Crippen molar-refractivity contribution in [3.05, 3.63) is 45.3 Å². The number of methoxy groups -OCH3 is 2. The van der Waals surface area contributed by atoms with Crippen LogP contribution in [-0.2, 0) is 0 Å². The standard InChI is InChI=1S/C18H15Br2N3O3/c1-25-15-4-3-9(7-16(15)26-2)13-8-14(23-18(21)22-13)10-5-11(19)17(24)12(20)6-10/h3-8,24H,1-2H3,(H2,21,22,23). The molecule has 0 aliphatic carbocycles. The fourth-order valence-corrected chi connectivity index (χ4v) is 3.66. The molecule has 8 heteroatoms. The Hall–Kier alpha value is -2.32. The van der Waals surface area contributed by atoms with Crippen LogP contribution in [0.15, 0.2) is 45.3 Å². The number of phenolic OH excluding ortho intramolecular Hbond substituents is 1. The molecule has 1 aromatic heterocycles. The van der Waals surface area contributed by atoms with E-state index >= 15 is 0 Å². The molecule has 0 aliphatic heterocycles. The van der Waals surface area contributed by atoms with Crippen LogP contribution in [0.1, 0.15) is 0 Å². The van der Waals surface area contributed by atoms with Gasteiger partial charge in [0.1, 0.15) is 5.75 Å². The summed E-state index contributed by atoms with van der Waals surface area (Å²) in [5, 5.41) is 9.89. The van der Waals surface area contributed by atoms with Crippen LogP contribution in [0.3, 0.4) is 0 Å². The summed E-state index contributed by atoms with van der Waals surface area (Å²) >= 11 is 6.65. The van der Waals surface area contributed by atoms with Gasteiger partial charge >= 0.3 is 0 Å². The zero-order valence-corrected chi connectivity index (χ0v) is 17.1. The molecule has 0 radical (unpaired) electrons. The van der Waals surface area contributed by atoms with Crippen molar-refractivity contribution in [3.8, 4) is 39.8 Å². The second kappa shape index (κ2) is 7.51. The smallest absolute Gasteiger partial charge is 0.221 e. The molecular formula is C18H15Br2N3O3. The number of nitrogens with two attached hydrogens (primary N) is 1. The number of aromatic hydroxyl groups is 1. The number of anilines is 1. The van der Waals surface area contributed by atoms with Crippen molar-refractivity contribution >= 4 is 37.8 Å². The van der Waals surface area contributed by atoms with Gasteiger partial charge in [-0.15, -0.1) is 0 Å². The maximum Gasteiger partial charge on any atom is 0.221 e. The molecule has 0 saturated carbocycles. The first-order valence-corrected chi connectivity index (χ1v) is 9.07. The third kappa shape index (κ3) is 3.61. The van der Waals surface area contributed by atoms with Crippen LogP contribution in [0.2, 0.25) is 0 Å². The van der Waals surface area contributed by atoms with Gasteiger partial charge in [-0.2, -0.15) is 0 Å². The van der Waals surface area contributed by atoms with Gasteiger partial charge in [-0.05, 0) is 68.3 Å². The fourth-order valence-electron chi connectivity index (χ4n) is 2.47. The zero-order chi connectivity index (χ0) is 18.8. The number of halogens is 2. The first kappa shape index (κ1) is 18.5. The maximum atomic E-state index is 9.89. The van der Waals surface area contributed by atoms with Crippen molar-refractivity contribution < 1.29 is 14.6 Å². The van der Waals surface area contributed by atoms with Crippen LogP contribution >= 0.6 is 31.9 Å². The van der Waals surface area contributed by atoms with Crippen molar-refractivity contribution in [2.24, 2.45) is 0 Å². The van der Waals surface area contributed by atoms with Crippen LogP contribution in [0, 0.1) is 0 Å². The van der Waals surface area contributed by atoms with Crippen molar-refractivity contribution in [2.75, 3.05) is 20.0 Å². The molecule has 3 N–H and O–H groups in total. The van der Waals surface area contributed by atoms with Crippen LogP contribution in [0.5, 0.6) is 17.2 Å². The first-order valence-electron chi connectivity index (χ1n) is 7.48. The molecule has 3 rings (SSSR count). The number of hydrogen-bond acceptors (Lipinski definition) is 6. The van der Waals surface area contributed by atoms with Gasteiger partial charge in [0.2, 0.25) is 5.95 Å². The van der Waals surface area contributed by atoms with E-state index in [1.54, 1.807) is 32.4 Å². The van der Waals surface area contributed by atoms with Crippen LogP contribution in [-0.4, -0.2) is 29.3 Å². The minimum atomic E-state index is 0.121. The van der Waals surface area contributed by atoms with E-state index in [-0.39, 0.29) is 11.7 Å². The second-order valence-corrected chi connectivity index (χ2v) is 7.06. The van der Waals surface area contributed by atoms with Gasteiger partial charge in [0.05, 0.1) is 34.6 Å². The Bertz CT molecular complexity index is 957. The molecule has 134 valence electrons. The lowest BCUT2D eigenvalue weighted by atomic mass is 10.1. The highest BCUT2D eigenvalue weighted by Crippen LogP contribution is 2.38. The van der Waals surface area contributed by atoms with E-state index in [4.69, 9.17) is 15.2 Å². The first-order chi connectivity index (χ1) is 12.4. The summed E-state index contributed by atoms with van der Waals surface area (Å²) in [5.41, 5.74) is 8.78. The number of rotatable bonds is 4. The van der Waals surface area contributed by atoms with Crippen molar-refractivity contribution in [1.29, 1.82) is 0 Å². The molecule has 6 nitrogen and oxygen atoms in total. The Labute approximate surface area is 167 Å². The van der Waals surface area contributed by atoms with Gasteiger partial charge in [-0.1, -0.05) is 0 Å². The molecule has 0 spiro atoms. The lowest BCUT2D eigenvalue weighted by Crippen LogP contribution is -1.99. The van der Waals surface area contributed by atoms with E-state index in [2.05, 4.69) is 41.8 Å². The van der Waals surface area contributed by atoms with Gasteiger partial charge < -0.3 is 20.3 Å². The van der Waals surface area contributed by atoms with Crippen molar-refractivity contribution in [2.45, 2.75) is 0 Å². The number of phenols is 1. The van der Waals surface area contributed by atoms with E-state index in [0.717, 1.165) is 11.1 Å². The monoisotopic (exact) mass is 479 g/mol. The number of benzene rings is 2. The predicted molar refractivity (Wildman–Crippen MR) is 107 cm³/mol. The summed E-state index contributed by atoms with van der Waals surface area (Å²) in [6, 6.07) is 10.9. The predicted octanol–water partition coefficient (Wildman–Crippen LogP) is 4.64. The van der Waals surface area contributed by atoms with Crippen LogP contribution < -0.4 is 15.2 Å². The lowest BCUT2D eigenvalue weighted by molar-refractivity contribution is 0.355. The van der Waals surface area contributed by atoms with Gasteiger partial charge in [0, 0.05) is 11.1 Å².